The zero-order valence-corrected chi connectivity index (χ0v) is 8.89. The Balaban J connectivity index is 2.38. The van der Waals surface area contributed by atoms with E-state index in [-0.39, 0.29) is 12.4 Å². The summed E-state index contributed by atoms with van der Waals surface area (Å²) in [7, 11) is 0. The van der Waals surface area contributed by atoms with Gasteiger partial charge in [0, 0.05) is 13.0 Å². The number of hydrogen-bond acceptors (Lipinski definition) is 3. The summed E-state index contributed by atoms with van der Waals surface area (Å²) in [5, 5.41) is 16.5. The van der Waals surface area contributed by atoms with Gasteiger partial charge in [-0.3, -0.25) is 0 Å². The largest absolute Gasteiger partial charge is 0.396 e. The quantitative estimate of drug-likeness (QED) is 0.848. The number of nitrogens with zero attached hydrogens (tertiary/aromatic N) is 3. The van der Waals surface area contributed by atoms with Gasteiger partial charge in [-0.15, -0.1) is 5.10 Å². The molecule has 1 N–H and O–H groups in total. The second kappa shape index (κ2) is 4.40. The fourth-order valence-corrected chi connectivity index (χ4v) is 1.47. The molecule has 0 spiro atoms. The third-order valence-electron chi connectivity index (χ3n) is 2.33. The molecule has 0 aliphatic heterocycles. The zero-order chi connectivity index (χ0) is 11.5. The van der Waals surface area contributed by atoms with E-state index in [4.69, 9.17) is 5.11 Å². The van der Waals surface area contributed by atoms with E-state index in [0.717, 1.165) is 5.56 Å². The standard InChI is InChI=1S/C11H12FN3O/c1-8-2-3-9(12)6-11(8)15-7-10(4-5-16)13-14-15/h2-3,6-7,16H,4-5H2,1H3. The van der Waals surface area contributed by atoms with E-state index in [0.29, 0.717) is 17.8 Å². The summed E-state index contributed by atoms with van der Waals surface area (Å²) in [4.78, 5) is 0. The van der Waals surface area contributed by atoms with Crippen molar-refractivity contribution in [3.63, 3.8) is 0 Å². The molecule has 0 saturated carbocycles. The SMILES string of the molecule is Cc1ccc(F)cc1-n1cc(CCO)nn1. The van der Waals surface area contributed by atoms with Crippen molar-refractivity contribution in [1.29, 1.82) is 0 Å². The highest BCUT2D eigenvalue weighted by atomic mass is 19.1. The van der Waals surface area contributed by atoms with E-state index >= 15 is 0 Å². The van der Waals surface area contributed by atoms with Crippen LogP contribution in [0.1, 0.15) is 11.3 Å². The highest BCUT2D eigenvalue weighted by Crippen LogP contribution is 2.14. The van der Waals surface area contributed by atoms with Crippen LogP contribution in [0.25, 0.3) is 5.69 Å². The molecule has 16 heavy (non-hydrogen) atoms. The lowest BCUT2D eigenvalue weighted by molar-refractivity contribution is 0.298. The van der Waals surface area contributed by atoms with Crippen molar-refractivity contribution in [2.45, 2.75) is 13.3 Å². The van der Waals surface area contributed by atoms with E-state index < -0.39 is 0 Å². The summed E-state index contributed by atoms with van der Waals surface area (Å²) in [6.07, 6.45) is 2.15. The normalized spacial score (nSPS) is 10.7. The Bertz CT molecular complexity index is 496. The topological polar surface area (TPSA) is 50.9 Å². The van der Waals surface area contributed by atoms with Crippen LogP contribution >= 0.6 is 0 Å². The summed E-state index contributed by atoms with van der Waals surface area (Å²) in [5.74, 6) is -0.306. The van der Waals surface area contributed by atoms with Gasteiger partial charge >= 0.3 is 0 Å². The van der Waals surface area contributed by atoms with Crippen LogP contribution in [0.3, 0.4) is 0 Å². The first-order valence-corrected chi connectivity index (χ1v) is 4.99. The van der Waals surface area contributed by atoms with E-state index in [9.17, 15) is 4.39 Å². The molecule has 0 fully saturated rings. The van der Waals surface area contributed by atoms with E-state index in [2.05, 4.69) is 10.3 Å². The summed E-state index contributed by atoms with van der Waals surface area (Å²) < 4.78 is 14.6. The Hall–Kier alpha value is -1.75. The molecule has 84 valence electrons. The second-order valence-electron chi connectivity index (χ2n) is 3.56. The summed E-state index contributed by atoms with van der Waals surface area (Å²) in [6.45, 7) is 1.91. The van der Waals surface area contributed by atoms with Crippen molar-refractivity contribution in [3.8, 4) is 5.69 Å². The van der Waals surface area contributed by atoms with Gasteiger partial charge in [-0.1, -0.05) is 11.3 Å². The number of benzene rings is 1. The van der Waals surface area contributed by atoms with E-state index in [1.54, 1.807) is 12.3 Å². The first-order chi connectivity index (χ1) is 7.70. The van der Waals surface area contributed by atoms with E-state index in [1.165, 1.54) is 16.8 Å². The van der Waals surface area contributed by atoms with Crippen molar-refractivity contribution >= 4 is 0 Å². The van der Waals surface area contributed by atoms with Crippen LogP contribution in [0.2, 0.25) is 0 Å². The van der Waals surface area contributed by atoms with Crippen LogP contribution < -0.4 is 0 Å². The number of rotatable bonds is 3. The van der Waals surface area contributed by atoms with Crippen molar-refractivity contribution in [2.75, 3.05) is 6.61 Å². The van der Waals surface area contributed by atoms with Gasteiger partial charge in [0.25, 0.3) is 0 Å². The van der Waals surface area contributed by atoms with Gasteiger partial charge in [0.05, 0.1) is 17.6 Å². The first-order valence-electron chi connectivity index (χ1n) is 4.99. The van der Waals surface area contributed by atoms with Crippen molar-refractivity contribution < 1.29 is 9.50 Å². The molecule has 5 heteroatoms. The molecule has 1 aromatic heterocycles. The molecule has 0 atom stereocenters. The smallest absolute Gasteiger partial charge is 0.125 e. The Labute approximate surface area is 92.3 Å². The predicted octanol–water partition coefficient (Wildman–Crippen LogP) is 1.25. The molecule has 1 aromatic carbocycles. The third-order valence-corrected chi connectivity index (χ3v) is 2.33. The molecule has 0 aliphatic carbocycles. The number of aliphatic hydroxyl groups excluding tert-OH is 1. The van der Waals surface area contributed by atoms with Crippen LogP contribution in [0, 0.1) is 12.7 Å². The van der Waals surface area contributed by atoms with Crippen LogP contribution in [-0.2, 0) is 6.42 Å². The van der Waals surface area contributed by atoms with Gasteiger partial charge in [0.1, 0.15) is 5.82 Å². The molecule has 2 rings (SSSR count). The maximum atomic E-state index is 13.1. The third kappa shape index (κ3) is 2.09. The molecule has 0 aliphatic rings. The zero-order valence-electron chi connectivity index (χ0n) is 8.89. The molecule has 0 bridgehead atoms. The lowest BCUT2D eigenvalue weighted by Gasteiger charge is -2.04. The molecule has 2 aromatic rings. The lowest BCUT2D eigenvalue weighted by atomic mass is 10.2. The average Bonchev–Trinajstić information content (AvgIpc) is 2.71. The average molecular weight is 221 g/mol. The molecule has 0 radical (unpaired) electrons. The number of hydrogen-bond donors (Lipinski definition) is 1. The highest BCUT2D eigenvalue weighted by Gasteiger charge is 2.06. The Kier molecular flexibility index (Phi) is 2.96. The maximum absolute atomic E-state index is 13.1. The number of halogens is 1. The van der Waals surface area contributed by atoms with Crippen LogP contribution in [0.4, 0.5) is 4.39 Å². The molecule has 0 saturated heterocycles. The maximum Gasteiger partial charge on any atom is 0.125 e. The van der Waals surface area contributed by atoms with Gasteiger partial charge in [-0.2, -0.15) is 0 Å². The fraction of sp³-hybridized carbons (Fsp3) is 0.273. The number of aliphatic hydroxyl groups is 1. The summed E-state index contributed by atoms with van der Waals surface area (Å²) >= 11 is 0. The Morgan fingerprint density at radius 2 is 2.25 bits per heavy atom. The molecule has 4 nitrogen and oxygen atoms in total. The van der Waals surface area contributed by atoms with Crippen molar-refractivity contribution in [3.05, 3.63) is 41.5 Å². The minimum Gasteiger partial charge on any atom is -0.396 e. The van der Waals surface area contributed by atoms with Crippen LogP contribution in [0.15, 0.2) is 24.4 Å². The predicted molar refractivity (Wildman–Crippen MR) is 56.8 cm³/mol. The Morgan fingerprint density at radius 3 is 3.00 bits per heavy atom. The van der Waals surface area contributed by atoms with Crippen LogP contribution in [-0.4, -0.2) is 26.7 Å². The molecular formula is C11H12FN3O. The van der Waals surface area contributed by atoms with Gasteiger partial charge in [0.15, 0.2) is 0 Å². The molecular weight excluding hydrogens is 209 g/mol. The van der Waals surface area contributed by atoms with Gasteiger partial charge in [-0.05, 0) is 24.6 Å². The monoisotopic (exact) mass is 221 g/mol. The number of aromatic nitrogens is 3. The summed E-state index contributed by atoms with van der Waals surface area (Å²) in [5.41, 5.74) is 2.27. The van der Waals surface area contributed by atoms with Gasteiger partial charge in [-0.25, -0.2) is 9.07 Å². The minimum atomic E-state index is -0.306. The molecule has 1 heterocycles. The Morgan fingerprint density at radius 1 is 1.44 bits per heavy atom. The van der Waals surface area contributed by atoms with E-state index in [1.807, 2.05) is 6.92 Å². The summed E-state index contributed by atoms with van der Waals surface area (Å²) in [6, 6.07) is 4.51. The fourth-order valence-electron chi connectivity index (χ4n) is 1.47. The molecule has 0 unspecified atom stereocenters. The van der Waals surface area contributed by atoms with Gasteiger partial charge < -0.3 is 5.11 Å². The lowest BCUT2D eigenvalue weighted by Crippen LogP contribution is -1.98. The highest BCUT2D eigenvalue weighted by molar-refractivity contribution is 5.39. The molecule has 0 amide bonds. The number of aryl methyl sites for hydroxylation is 1. The minimum absolute atomic E-state index is 0.0286. The first kappa shape index (κ1) is 10.8. The second-order valence-corrected chi connectivity index (χ2v) is 3.56. The van der Waals surface area contributed by atoms with Crippen LogP contribution in [0.5, 0.6) is 0 Å². The van der Waals surface area contributed by atoms with Crippen molar-refractivity contribution in [2.24, 2.45) is 0 Å². The van der Waals surface area contributed by atoms with Crippen molar-refractivity contribution in [1.82, 2.24) is 15.0 Å². The van der Waals surface area contributed by atoms with Gasteiger partial charge in [0.2, 0.25) is 0 Å².